The molecule has 2 N–H and O–H groups in total. The van der Waals surface area contributed by atoms with Gasteiger partial charge in [-0.2, -0.15) is 0 Å². The SMILES string of the molecule is CC1(C)CCCC(N)(Cc2c(F)cccc2Cl)C1. The van der Waals surface area contributed by atoms with Crippen LogP contribution in [-0.2, 0) is 6.42 Å². The van der Waals surface area contributed by atoms with Crippen LogP contribution in [0, 0.1) is 11.2 Å². The second-order valence-electron chi connectivity index (χ2n) is 6.43. The first-order valence-corrected chi connectivity index (χ1v) is 6.91. The van der Waals surface area contributed by atoms with Crippen LogP contribution in [-0.4, -0.2) is 5.54 Å². The van der Waals surface area contributed by atoms with E-state index in [2.05, 4.69) is 13.8 Å². The first-order valence-electron chi connectivity index (χ1n) is 6.53. The first kappa shape index (κ1) is 13.8. The van der Waals surface area contributed by atoms with Crippen molar-refractivity contribution in [2.45, 2.75) is 51.5 Å². The first-order chi connectivity index (χ1) is 8.31. The second-order valence-corrected chi connectivity index (χ2v) is 6.84. The summed E-state index contributed by atoms with van der Waals surface area (Å²) >= 11 is 6.09. The smallest absolute Gasteiger partial charge is 0.127 e. The summed E-state index contributed by atoms with van der Waals surface area (Å²) < 4.78 is 13.8. The lowest BCUT2D eigenvalue weighted by atomic mass is 9.66. The molecular formula is C15H21ClFN. The molecule has 18 heavy (non-hydrogen) atoms. The molecular weight excluding hydrogens is 249 g/mol. The van der Waals surface area contributed by atoms with Crippen LogP contribution in [0.3, 0.4) is 0 Å². The van der Waals surface area contributed by atoms with Crippen LogP contribution < -0.4 is 5.73 Å². The van der Waals surface area contributed by atoms with Gasteiger partial charge in [0, 0.05) is 16.1 Å². The lowest BCUT2D eigenvalue weighted by Crippen LogP contribution is -2.48. The second kappa shape index (κ2) is 4.82. The van der Waals surface area contributed by atoms with Crippen molar-refractivity contribution in [3.05, 3.63) is 34.6 Å². The lowest BCUT2D eigenvalue weighted by Gasteiger charge is -2.43. The maximum Gasteiger partial charge on any atom is 0.127 e. The Kier molecular flexibility index (Phi) is 3.70. The van der Waals surface area contributed by atoms with Crippen molar-refractivity contribution in [3.63, 3.8) is 0 Å². The van der Waals surface area contributed by atoms with Gasteiger partial charge in [0.25, 0.3) is 0 Å². The Morgan fingerprint density at radius 3 is 2.67 bits per heavy atom. The van der Waals surface area contributed by atoms with Crippen LogP contribution in [0.1, 0.15) is 45.1 Å². The van der Waals surface area contributed by atoms with Crippen LogP contribution in [0.4, 0.5) is 4.39 Å². The molecule has 0 bridgehead atoms. The van der Waals surface area contributed by atoms with Crippen molar-refractivity contribution in [1.29, 1.82) is 0 Å². The van der Waals surface area contributed by atoms with E-state index in [4.69, 9.17) is 17.3 Å². The molecule has 0 aliphatic heterocycles. The fourth-order valence-corrected chi connectivity index (χ4v) is 3.48. The molecule has 1 fully saturated rings. The van der Waals surface area contributed by atoms with Gasteiger partial charge in [-0.1, -0.05) is 37.9 Å². The van der Waals surface area contributed by atoms with Crippen LogP contribution in [0.25, 0.3) is 0 Å². The maximum atomic E-state index is 13.8. The minimum atomic E-state index is -0.326. The molecule has 0 amide bonds. The Morgan fingerprint density at radius 2 is 2.06 bits per heavy atom. The highest BCUT2D eigenvalue weighted by Crippen LogP contribution is 2.41. The van der Waals surface area contributed by atoms with Gasteiger partial charge in [-0.05, 0) is 43.2 Å². The summed E-state index contributed by atoms with van der Waals surface area (Å²) in [5.74, 6) is -0.240. The zero-order valence-electron chi connectivity index (χ0n) is 11.1. The summed E-state index contributed by atoms with van der Waals surface area (Å²) in [4.78, 5) is 0. The molecule has 1 aromatic rings. The van der Waals surface area contributed by atoms with Gasteiger partial charge in [0.05, 0.1) is 0 Å². The fourth-order valence-electron chi connectivity index (χ4n) is 3.25. The molecule has 1 aliphatic carbocycles. The zero-order chi connectivity index (χ0) is 13.4. The van der Waals surface area contributed by atoms with Crippen LogP contribution in [0.5, 0.6) is 0 Å². The molecule has 0 heterocycles. The van der Waals surface area contributed by atoms with Crippen molar-refractivity contribution in [3.8, 4) is 0 Å². The van der Waals surface area contributed by atoms with Crippen LogP contribution in [0.15, 0.2) is 18.2 Å². The largest absolute Gasteiger partial charge is 0.325 e. The van der Waals surface area contributed by atoms with Gasteiger partial charge < -0.3 is 5.73 Å². The molecule has 1 saturated carbocycles. The van der Waals surface area contributed by atoms with E-state index in [0.717, 1.165) is 19.3 Å². The van der Waals surface area contributed by atoms with Crippen LogP contribution in [0.2, 0.25) is 5.02 Å². The molecule has 100 valence electrons. The molecule has 1 aromatic carbocycles. The molecule has 0 spiro atoms. The van der Waals surface area contributed by atoms with Crippen molar-refractivity contribution >= 4 is 11.6 Å². The third kappa shape index (κ3) is 3.04. The minimum absolute atomic E-state index is 0.240. The summed E-state index contributed by atoms with van der Waals surface area (Å²) in [6.07, 6.45) is 4.69. The Hall–Kier alpha value is -0.600. The number of halogens is 2. The summed E-state index contributed by atoms with van der Waals surface area (Å²) in [6, 6.07) is 4.82. The predicted molar refractivity (Wildman–Crippen MR) is 74.3 cm³/mol. The monoisotopic (exact) mass is 269 g/mol. The van der Waals surface area contributed by atoms with Crippen molar-refractivity contribution in [2.75, 3.05) is 0 Å². The third-order valence-electron chi connectivity index (χ3n) is 3.95. The van der Waals surface area contributed by atoms with E-state index >= 15 is 0 Å². The summed E-state index contributed by atoms with van der Waals surface area (Å²) in [7, 11) is 0. The Labute approximate surface area is 114 Å². The molecule has 1 nitrogen and oxygen atoms in total. The molecule has 3 heteroatoms. The molecule has 2 rings (SSSR count). The molecule has 1 unspecified atom stereocenters. The van der Waals surface area contributed by atoms with Gasteiger partial charge in [-0.15, -0.1) is 0 Å². The fraction of sp³-hybridized carbons (Fsp3) is 0.600. The summed E-state index contributed by atoms with van der Waals surface area (Å²) in [5, 5.41) is 0.489. The number of benzene rings is 1. The average molecular weight is 270 g/mol. The van der Waals surface area contributed by atoms with Gasteiger partial charge in [-0.25, -0.2) is 4.39 Å². The molecule has 0 aromatic heterocycles. The normalized spacial score (nSPS) is 27.2. The third-order valence-corrected chi connectivity index (χ3v) is 4.30. The van der Waals surface area contributed by atoms with E-state index in [-0.39, 0.29) is 16.8 Å². The standard InChI is InChI=1S/C15H21ClFN/c1-14(2)7-4-8-15(18,10-14)9-11-12(16)5-3-6-13(11)17/h3,5-6H,4,7-10,18H2,1-2H3. The van der Waals surface area contributed by atoms with Gasteiger partial charge in [-0.3, -0.25) is 0 Å². The van der Waals surface area contributed by atoms with Crippen LogP contribution >= 0.6 is 11.6 Å². The quantitative estimate of drug-likeness (QED) is 0.850. The maximum absolute atomic E-state index is 13.8. The predicted octanol–water partition coefficient (Wildman–Crippen LogP) is 4.32. The number of rotatable bonds is 2. The summed E-state index contributed by atoms with van der Waals surface area (Å²) in [6.45, 7) is 4.47. The lowest BCUT2D eigenvalue weighted by molar-refractivity contribution is 0.150. The topological polar surface area (TPSA) is 26.0 Å². The average Bonchev–Trinajstić information content (AvgIpc) is 2.22. The minimum Gasteiger partial charge on any atom is -0.325 e. The summed E-state index contributed by atoms with van der Waals surface area (Å²) in [5.41, 5.74) is 6.96. The van der Waals surface area contributed by atoms with Crippen molar-refractivity contribution in [1.82, 2.24) is 0 Å². The van der Waals surface area contributed by atoms with Crippen molar-refractivity contribution in [2.24, 2.45) is 11.1 Å². The number of hydrogen-bond acceptors (Lipinski definition) is 1. The van der Waals surface area contributed by atoms with E-state index in [1.807, 2.05) is 0 Å². The highest BCUT2D eigenvalue weighted by atomic mass is 35.5. The van der Waals surface area contributed by atoms with Gasteiger partial charge in [0.15, 0.2) is 0 Å². The van der Waals surface area contributed by atoms with E-state index in [1.54, 1.807) is 12.1 Å². The molecule has 1 aliphatic rings. The molecule has 0 radical (unpaired) electrons. The molecule has 0 saturated heterocycles. The Balaban J connectivity index is 2.22. The van der Waals surface area contributed by atoms with E-state index in [0.29, 0.717) is 17.0 Å². The Bertz CT molecular complexity index is 424. The van der Waals surface area contributed by atoms with Gasteiger partial charge >= 0.3 is 0 Å². The Morgan fingerprint density at radius 1 is 1.33 bits per heavy atom. The highest BCUT2D eigenvalue weighted by molar-refractivity contribution is 6.31. The zero-order valence-corrected chi connectivity index (χ0v) is 11.9. The highest BCUT2D eigenvalue weighted by Gasteiger charge is 2.37. The van der Waals surface area contributed by atoms with Gasteiger partial charge in [0.2, 0.25) is 0 Å². The molecule has 1 atom stereocenters. The van der Waals surface area contributed by atoms with Crippen molar-refractivity contribution < 1.29 is 4.39 Å². The van der Waals surface area contributed by atoms with E-state index < -0.39 is 0 Å². The number of nitrogens with two attached hydrogens (primary N) is 1. The van der Waals surface area contributed by atoms with E-state index in [1.165, 1.54) is 12.5 Å². The van der Waals surface area contributed by atoms with Gasteiger partial charge in [0.1, 0.15) is 5.82 Å². The van der Waals surface area contributed by atoms with E-state index in [9.17, 15) is 4.39 Å². The number of hydrogen-bond donors (Lipinski definition) is 1.